The minimum absolute atomic E-state index is 0.0345. The van der Waals surface area contributed by atoms with Crippen molar-refractivity contribution in [2.45, 2.75) is 51.5 Å². The molecule has 1 amide bonds. The normalized spacial score (nSPS) is 23.6. The van der Waals surface area contributed by atoms with E-state index in [1.807, 2.05) is 13.8 Å². The Labute approximate surface area is 113 Å². The van der Waals surface area contributed by atoms with Crippen molar-refractivity contribution in [3.8, 4) is 0 Å². The van der Waals surface area contributed by atoms with Gasteiger partial charge in [-0.3, -0.25) is 9.89 Å². The van der Waals surface area contributed by atoms with Crippen LogP contribution in [0.1, 0.15) is 61.9 Å². The van der Waals surface area contributed by atoms with Crippen LogP contribution in [0.15, 0.2) is 0 Å². The number of aliphatic hydroxyl groups is 1. The van der Waals surface area contributed by atoms with Crippen LogP contribution in [0.25, 0.3) is 0 Å². The Morgan fingerprint density at radius 3 is 2.84 bits per heavy atom. The molecule has 0 radical (unpaired) electrons. The molecule has 6 heteroatoms. The van der Waals surface area contributed by atoms with E-state index in [2.05, 4.69) is 20.5 Å². The zero-order chi connectivity index (χ0) is 13.8. The van der Waals surface area contributed by atoms with E-state index in [0.29, 0.717) is 5.82 Å². The van der Waals surface area contributed by atoms with Gasteiger partial charge in [0, 0.05) is 24.5 Å². The number of hydrogen-bond acceptors (Lipinski definition) is 4. The highest BCUT2D eigenvalue weighted by molar-refractivity contribution is 5.90. The number of H-pyrrole nitrogens is 1. The molecule has 0 spiro atoms. The summed E-state index contributed by atoms with van der Waals surface area (Å²) < 4.78 is 0. The van der Waals surface area contributed by atoms with E-state index in [-0.39, 0.29) is 36.2 Å². The highest BCUT2D eigenvalue weighted by atomic mass is 16.3. The van der Waals surface area contributed by atoms with Gasteiger partial charge in [-0.25, -0.2) is 4.98 Å². The number of amides is 1. The molecule has 0 saturated heterocycles. The molecular formula is C13H22N4O2. The van der Waals surface area contributed by atoms with Crippen LogP contribution in [-0.2, 0) is 0 Å². The summed E-state index contributed by atoms with van der Waals surface area (Å²) in [4.78, 5) is 16.3. The molecule has 2 atom stereocenters. The average molecular weight is 266 g/mol. The number of carbonyl (C=O) groups is 1. The highest BCUT2D eigenvalue weighted by Gasteiger charge is 2.27. The van der Waals surface area contributed by atoms with Gasteiger partial charge in [-0.1, -0.05) is 26.7 Å². The quantitative estimate of drug-likeness (QED) is 0.764. The van der Waals surface area contributed by atoms with E-state index in [4.69, 9.17) is 0 Å². The molecule has 0 bridgehead atoms. The zero-order valence-electron chi connectivity index (χ0n) is 11.5. The first kappa shape index (κ1) is 14.0. The third-order valence-corrected chi connectivity index (χ3v) is 3.71. The van der Waals surface area contributed by atoms with E-state index in [1.165, 1.54) is 0 Å². The summed E-state index contributed by atoms with van der Waals surface area (Å²) in [5.74, 6) is 1.02. The fourth-order valence-electron chi connectivity index (χ4n) is 2.48. The topological polar surface area (TPSA) is 90.9 Å². The molecule has 106 valence electrons. The summed E-state index contributed by atoms with van der Waals surface area (Å²) in [5.41, 5.74) is 0. The molecule has 1 aliphatic rings. The summed E-state index contributed by atoms with van der Waals surface area (Å²) in [6.45, 7) is 4.10. The van der Waals surface area contributed by atoms with Crippen molar-refractivity contribution in [2.75, 3.05) is 6.61 Å². The van der Waals surface area contributed by atoms with Crippen molar-refractivity contribution in [3.63, 3.8) is 0 Å². The Bertz CT molecular complexity index is 430. The van der Waals surface area contributed by atoms with E-state index in [0.717, 1.165) is 25.7 Å². The summed E-state index contributed by atoms with van der Waals surface area (Å²) >= 11 is 0. The molecule has 3 N–H and O–H groups in total. The standard InChI is InChI=1S/C13H22N4O2/c1-8(2)11-15-12(17-16-11)13(19)14-10-6-4-3-5-9(10)7-18/h8-10,18H,3-7H2,1-2H3,(H,14,19)(H,15,16,17). The van der Waals surface area contributed by atoms with Gasteiger partial charge < -0.3 is 10.4 Å². The second kappa shape index (κ2) is 6.14. The number of aromatic nitrogens is 3. The Morgan fingerprint density at radius 1 is 1.47 bits per heavy atom. The maximum atomic E-state index is 12.1. The minimum Gasteiger partial charge on any atom is -0.396 e. The Morgan fingerprint density at radius 2 is 2.21 bits per heavy atom. The highest BCUT2D eigenvalue weighted by Crippen LogP contribution is 2.24. The van der Waals surface area contributed by atoms with Crippen LogP contribution in [-0.4, -0.2) is 38.8 Å². The van der Waals surface area contributed by atoms with Crippen LogP contribution < -0.4 is 5.32 Å². The molecule has 2 rings (SSSR count). The largest absolute Gasteiger partial charge is 0.396 e. The lowest BCUT2D eigenvalue weighted by Crippen LogP contribution is -2.43. The predicted octanol–water partition coefficient (Wildman–Crippen LogP) is 1.21. The summed E-state index contributed by atoms with van der Waals surface area (Å²) in [7, 11) is 0. The Kier molecular flexibility index (Phi) is 4.52. The maximum Gasteiger partial charge on any atom is 0.291 e. The first-order valence-electron chi connectivity index (χ1n) is 6.95. The zero-order valence-corrected chi connectivity index (χ0v) is 11.5. The molecule has 6 nitrogen and oxygen atoms in total. The van der Waals surface area contributed by atoms with Gasteiger partial charge in [0.05, 0.1) is 0 Å². The molecule has 19 heavy (non-hydrogen) atoms. The van der Waals surface area contributed by atoms with Crippen LogP contribution >= 0.6 is 0 Å². The van der Waals surface area contributed by atoms with Crippen LogP contribution in [0.3, 0.4) is 0 Å². The second-order valence-corrected chi connectivity index (χ2v) is 5.51. The second-order valence-electron chi connectivity index (χ2n) is 5.51. The van der Waals surface area contributed by atoms with Crippen LogP contribution in [0.5, 0.6) is 0 Å². The third kappa shape index (κ3) is 3.32. The van der Waals surface area contributed by atoms with Gasteiger partial charge in [0.2, 0.25) is 5.82 Å². The molecule has 2 unspecified atom stereocenters. The van der Waals surface area contributed by atoms with Gasteiger partial charge in [-0.15, -0.1) is 5.10 Å². The van der Waals surface area contributed by atoms with Gasteiger partial charge >= 0.3 is 0 Å². The fraction of sp³-hybridized carbons (Fsp3) is 0.769. The summed E-state index contributed by atoms with van der Waals surface area (Å²) in [5, 5.41) is 19.0. The number of hydrogen-bond donors (Lipinski definition) is 3. The van der Waals surface area contributed by atoms with Crippen molar-refractivity contribution in [3.05, 3.63) is 11.6 Å². The molecule has 0 aromatic carbocycles. The van der Waals surface area contributed by atoms with Gasteiger partial charge in [-0.05, 0) is 12.8 Å². The molecule has 1 aliphatic carbocycles. The number of aromatic amines is 1. The molecule has 1 saturated carbocycles. The average Bonchev–Trinajstić information content (AvgIpc) is 2.89. The van der Waals surface area contributed by atoms with Crippen LogP contribution in [0.2, 0.25) is 0 Å². The third-order valence-electron chi connectivity index (χ3n) is 3.71. The van der Waals surface area contributed by atoms with Gasteiger partial charge in [0.1, 0.15) is 5.82 Å². The van der Waals surface area contributed by atoms with Crippen molar-refractivity contribution in [1.82, 2.24) is 20.5 Å². The first-order chi connectivity index (χ1) is 9.11. The molecule has 1 aromatic rings. The van der Waals surface area contributed by atoms with E-state index in [9.17, 15) is 9.90 Å². The predicted molar refractivity (Wildman–Crippen MR) is 70.8 cm³/mol. The van der Waals surface area contributed by atoms with Crippen LogP contribution in [0, 0.1) is 5.92 Å². The van der Waals surface area contributed by atoms with E-state index >= 15 is 0 Å². The number of carbonyl (C=O) groups excluding carboxylic acids is 1. The van der Waals surface area contributed by atoms with Crippen molar-refractivity contribution in [1.29, 1.82) is 0 Å². The van der Waals surface area contributed by atoms with Gasteiger partial charge in [-0.2, -0.15) is 0 Å². The molecule has 1 aromatic heterocycles. The number of rotatable bonds is 4. The first-order valence-corrected chi connectivity index (χ1v) is 6.95. The minimum atomic E-state index is -0.256. The Hall–Kier alpha value is -1.43. The molecule has 0 aliphatic heterocycles. The number of nitrogens with zero attached hydrogens (tertiary/aromatic N) is 2. The Balaban J connectivity index is 1.99. The number of nitrogens with one attached hydrogen (secondary N) is 2. The molecular weight excluding hydrogens is 244 g/mol. The van der Waals surface area contributed by atoms with E-state index in [1.54, 1.807) is 0 Å². The lowest BCUT2D eigenvalue weighted by atomic mass is 9.85. The summed E-state index contributed by atoms with van der Waals surface area (Å²) in [6.07, 6.45) is 4.09. The van der Waals surface area contributed by atoms with Gasteiger partial charge in [0.15, 0.2) is 0 Å². The maximum absolute atomic E-state index is 12.1. The number of aliphatic hydroxyl groups excluding tert-OH is 1. The lowest BCUT2D eigenvalue weighted by molar-refractivity contribution is 0.0862. The SMILES string of the molecule is CC(C)c1nc(C(=O)NC2CCCCC2CO)n[nH]1. The molecule has 1 fully saturated rings. The van der Waals surface area contributed by atoms with Gasteiger partial charge in [0.25, 0.3) is 5.91 Å². The summed E-state index contributed by atoms with van der Waals surface area (Å²) in [6, 6.07) is 0.0345. The van der Waals surface area contributed by atoms with Crippen LogP contribution in [0.4, 0.5) is 0 Å². The van der Waals surface area contributed by atoms with Crippen molar-refractivity contribution < 1.29 is 9.90 Å². The van der Waals surface area contributed by atoms with E-state index < -0.39 is 0 Å². The van der Waals surface area contributed by atoms with Crippen molar-refractivity contribution in [2.24, 2.45) is 5.92 Å². The van der Waals surface area contributed by atoms with Crippen molar-refractivity contribution >= 4 is 5.91 Å². The fourth-order valence-corrected chi connectivity index (χ4v) is 2.48. The lowest BCUT2D eigenvalue weighted by Gasteiger charge is -2.30. The smallest absolute Gasteiger partial charge is 0.291 e. The monoisotopic (exact) mass is 266 g/mol. The molecule has 1 heterocycles.